The Morgan fingerprint density at radius 2 is 0.886 bits per heavy atom. The molecule has 2 rings (SSSR count). The van der Waals surface area contributed by atoms with Crippen LogP contribution in [0.4, 0.5) is 0 Å². The van der Waals surface area contributed by atoms with E-state index in [1.165, 1.54) is 154 Å². The normalized spacial score (nSPS) is 25.6. The maximum absolute atomic E-state index is 13.0. The van der Waals surface area contributed by atoms with Crippen molar-refractivity contribution >= 4 is 5.97 Å². The Morgan fingerprint density at radius 3 is 1.40 bits per heavy atom. The number of unbranched alkanes of at least 4 members (excludes halogenated alkanes) is 28. The lowest BCUT2D eigenvalue weighted by Crippen LogP contribution is -2.61. The first kappa shape index (κ1) is 64.6. The molecular formula is C56H104O14. The molecule has 11 atom stereocenters. The van der Waals surface area contributed by atoms with Crippen LogP contribution in [0.15, 0.2) is 24.3 Å². The van der Waals surface area contributed by atoms with Crippen molar-refractivity contribution in [1.29, 1.82) is 0 Å². The molecule has 2 fully saturated rings. The van der Waals surface area contributed by atoms with Gasteiger partial charge in [-0.25, -0.2) is 0 Å². The number of hydrogen-bond acceptors (Lipinski definition) is 14. The van der Waals surface area contributed by atoms with Gasteiger partial charge in [-0.1, -0.05) is 199 Å². The molecule has 14 nitrogen and oxygen atoms in total. The number of ether oxygens (including phenoxy) is 6. The average molecular weight is 1000 g/mol. The van der Waals surface area contributed by atoms with Crippen molar-refractivity contribution in [2.75, 3.05) is 33.0 Å². The standard InChI is InChI=1S/C56H104O14/c1-3-5-7-9-11-13-15-17-19-21-22-23-24-26-28-30-32-34-36-38-40-65-42-45(68-48(58)39-37-35-33-31-29-27-25-20-18-16-14-12-10-8-6-4-2)43-66-55-54(64)52(62)50(60)47(70-55)44-67-56-53(63)51(61)49(59)46(41-57)69-56/h11,13,17,19,45-47,49-57,59-64H,3-10,12,14-16,18,20-44H2,1-2H3/b13-11-,19-17-. The summed E-state index contributed by atoms with van der Waals surface area (Å²) >= 11 is 0. The summed E-state index contributed by atoms with van der Waals surface area (Å²) in [7, 11) is 0. The Labute approximate surface area is 424 Å². The topological polar surface area (TPSA) is 214 Å². The summed E-state index contributed by atoms with van der Waals surface area (Å²) in [5, 5.41) is 72.3. The molecule has 2 heterocycles. The van der Waals surface area contributed by atoms with Crippen LogP contribution in [0.1, 0.15) is 226 Å². The number of carbonyl (C=O) groups excluding carboxylic acids is 1. The lowest BCUT2D eigenvalue weighted by molar-refractivity contribution is -0.332. The highest BCUT2D eigenvalue weighted by molar-refractivity contribution is 5.69. The SMILES string of the molecule is CCCCC/C=C\C/C=C\CCCCCCCCCCCCOCC(COC1OC(COC2OC(CO)C(O)C(O)C2O)C(O)C(O)C1O)OC(=O)CCCCCCCCCCCCCCCCCC. The van der Waals surface area contributed by atoms with Crippen molar-refractivity contribution in [2.45, 2.75) is 293 Å². The summed E-state index contributed by atoms with van der Waals surface area (Å²) < 4.78 is 34.4. The quantitative estimate of drug-likeness (QED) is 0.0172. The van der Waals surface area contributed by atoms with Crippen LogP contribution in [-0.4, -0.2) is 142 Å². The highest BCUT2D eigenvalue weighted by Gasteiger charge is 2.47. The minimum Gasteiger partial charge on any atom is -0.457 e. The monoisotopic (exact) mass is 1000 g/mol. The van der Waals surface area contributed by atoms with E-state index in [9.17, 15) is 40.5 Å². The van der Waals surface area contributed by atoms with Gasteiger partial charge in [0, 0.05) is 13.0 Å². The van der Waals surface area contributed by atoms with Crippen LogP contribution < -0.4 is 0 Å². The van der Waals surface area contributed by atoms with Crippen molar-refractivity contribution < 1.29 is 69.0 Å². The molecule has 0 amide bonds. The van der Waals surface area contributed by atoms with E-state index in [0.29, 0.717) is 13.0 Å². The van der Waals surface area contributed by atoms with E-state index in [4.69, 9.17) is 28.4 Å². The van der Waals surface area contributed by atoms with E-state index in [0.717, 1.165) is 44.9 Å². The molecule has 14 heteroatoms. The number of carbonyl (C=O) groups is 1. The number of rotatable bonds is 46. The zero-order chi connectivity index (χ0) is 50.9. The molecular weight excluding hydrogens is 897 g/mol. The molecule has 412 valence electrons. The molecule has 70 heavy (non-hydrogen) atoms. The fourth-order valence-electron chi connectivity index (χ4n) is 9.08. The highest BCUT2D eigenvalue weighted by Crippen LogP contribution is 2.27. The maximum Gasteiger partial charge on any atom is 0.306 e. The highest BCUT2D eigenvalue weighted by atomic mass is 16.7. The fourth-order valence-corrected chi connectivity index (χ4v) is 9.08. The second-order valence-corrected chi connectivity index (χ2v) is 20.1. The van der Waals surface area contributed by atoms with Gasteiger partial charge in [-0.05, 0) is 44.9 Å². The van der Waals surface area contributed by atoms with Gasteiger partial charge in [0.2, 0.25) is 0 Å². The van der Waals surface area contributed by atoms with Crippen LogP contribution in [0.2, 0.25) is 0 Å². The van der Waals surface area contributed by atoms with Gasteiger partial charge in [0.05, 0.1) is 26.4 Å². The van der Waals surface area contributed by atoms with Crippen molar-refractivity contribution in [2.24, 2.45) is 0 Å². The molecule has 0 saturated carbocycles. The van der Waals surface area contributed by atoms with Crippen molar-refractivity contribution in [1.82, 2.24) is 0 Å². The summed E-state index contributed by atoms with van der Waals surface area (Å²) in [6.07, 6.45) is 32.3. The predicted molar refractivity (Wildman–Crippen MR) is 275 cm³/mol. The second kappa shape index (κ2) is 43.8. The van der Waals surface area contributed by atoms with Gasteiger partial charge in [-0.3, -0.25) is 4.79 Å². The van der Waals surface area contributed by atoms with Crippen LogP contribution in [0.25, 0.3) is 0 Å². The van der Waals surface area contributed by atoms with E-state index in [2.05, 4.69) is 38.2 Å². The smallest absolute Gasteiger partial charge is 0.306 e. The molecule has 0 aromatic carbocycles. The first-order chi connectivity index (χ1) is 34.1. The van der Waals surface area contributed by atoms with Gasteiger partial charge < -0.3 is 64.2 Å². The van der Waals surface area contributed by atoms with Crippen LogP contribution in [-0.2, 0) is 33.2 Å². The van der Waals surface area contributed by atoms with Crippen molar-refractivity contribution in [3.05, 3.63) is 24.3 Å². The third-order valence-corrected chi connectivity index (χ3v) is 13.7. The number of aliphatic hydroxyl groups is 7. The second-order valence-electron chi connectivity index (χ2n) is 20.1. The zero-order valence-electron chi connectivity index (χ0n) is 44.0. The third-order valence-electron chi connectivity index (χ3n) is 13.7. The largest absolute Gasteiger partial charge is 0.457 e. The number of hydrogen-bond donors (Lipinski definition) is 7. The van der Waals surface area contributed by atoms with Gasteiger partial charge in [0.15, 0.2) is 12.6 Å². The number of aliphatic hydroxyl groups excluding tert-OH is 7. The summed E-state index contributed by atoms with van der Waals surface area (Å²) in [6, 6.07) is 0. The maximum atomic E-state index is 13.0. The van der Waals surface area contributed by atoms with Gasteiger partial charge in [-0.15, -0.1) is 0 Å². The predicted octanol–water partition coefficient (Wildman–Crippen LogP) is 9.58. The van der Waals surface area contributed by atoms with Crippen LogP contribution in [0, 0.1) is 0 Å². The molecule has 11 unspecified atom stereocenters. The molecule has 0 spiro atoms. The lowest BCUT2D eigenvalue weighted by Gasteiger charge is -2.42. The Kier molecular flexibility index (Phi) is 40.4. The minimum absolute atomic E-state index is 0.0638. The molecule has 0 bridgehead atoms. The molecule has 7 N–H and O–H groups in total. The zero-order valence-corrected chi connectivity index (χ0v) is 44.0. The summed E-state index contributed by atoms with van der Waals surface area (Å²) in [4.78, 5) is 13.0. The van der Waals surface area contributed by atoms with Crippen LogP contribution >= 0.6 is 0 Å². The van der Waals surface area contributed by atoms with Crippen LogP contribution in [0.5, 0.6) is 0 Å². The Bertz CT molecular complexity index is 1250. The van der Waals surface area contributed by atoms with Gasteiger partial charge in [0.1, 0.15) is 54.9 Å². The number of allylic oxidation sites excluding steroid dienone is 4. The van der Waals surface area contributed by atoms with Gasteiger partial charge in [-0.2, -0.15) is 0 Å². The Balaban J connectivity index is 1.72. The van der Waals surface area contributed by atoms with E-state index < -0.39 is 80.7 Å². The first-order valence-electron chi connectivity index (χ1n) is 28.4. The van der Waals surface area contributed by atoms with Crippen LogP contribution in [0.3, 0.4) is 0 Å². The molecule has 0 aliphatic carbocycles. The fraction of sp³-hybridized carbons (Fsp3) is 0.911. The van der Waals surface area contributed by atoms with E-state index >= 15 is 0 Å². The van der Waals surface area contributed by atoms with E-state index in [1.807, 2.05) is 0 Å². The molecule has 0 aromatic heterocycles. The first-order valence-corrected chi connectivity index (χ1v) is 28.4. The molecule has 0 aromatic rings. The molecule has 2 aliphatic rings. The Hall–Kier alpha value is -1.53. The van der Waals surface area contributed by atoms with Gasteiger partial charge >= 0.3 is 5.97 Å². The Morgan fingerprint density at radius 1 is 0.471 bits per heavy atom. The van der Waals surface area contributed by atoms with Crippen molar-refractivity contribution in [3.63, 3.8) is 0 Å². The average Bonchev–Trinajstić information content (AvgIpc) is 3.36. The molecule has 2 saturated heterocycles. The summed E-state index contributed by atoms with van der Waals surface area (Å²) in [5.74, 6) is -0.373. The number of esters is 1. The van der Waals surface area contributed by atoms with E-state index in [-0.39, 0.29) is 25.6 Å². The molecule has 0 radical (unpaired) electrons. The van der Waals surface area contributed by atoms with Crippen molar-refractivity contribution in [3.8, 4) is 0 Å². The summed E-state index contributed by atoms with van der Waals surface area (Å²) in [5.41, 5.74) is 0. The summed E-state index contributed by atoms with van der Waals surface area (Å²) in [6.45, 7) is 3.70. The van der Waals surface area contributed by atoms with E-state index in [1.54, 1.807) is 0 Å². The third kappa shape index (κ3) is 30.6. The molecule has 2 aliphatic heterocycles. The lowest BCUT2D eigenvalue weighted by atomic mass is 9.98. The van der Waals surface area contributed by atoms with Gasteiger partial charge in [0.25, 0.3) is 0 Å². The minimum atomic E-state index is -1.70.